The quantitative estimate of drug-likeness (QED) is 0.401. The minimum atomic E-state index is -1.15. The van der Waals surface area contributed by atoms with Gasteiger partial charge in [0.2, 0.25) is 5.91 Å². The summed E-state index contributed by atoms with van der Waals surface area (Å²) in [6.45, 7) is 3.58. The number of benzene rings is 3. The van der Waals surface area contributed by atoms with Crippen molar-refractivity contribution in [2.24, 2.45) is 5.41 Å². The van der Waals surface area contributed by atoms with Crippen molar-refractivity contribution in [3.8, 4) is 11.1 Å². The second kappa shape index (κ2) is 9.80. The van der Waals surface area contributed by atoms with Crippen LogP contribution in [0.4, 0.5) is 10.5 Å². The van der Waals surface area contributed by atoms with Crippen LogP contribution in [0.3, 0.4) is 0 Å². The van der Waals surface area contributed by atoms with Crippen molar-refractivity contribution in [3.63, 3.8) is 0 Å². The molecule has 3 N–H and O–H groups in total. The molecule has 2 amide bonds. The van der Waals surface area contributed by atoms with E-state index in [-0.39, 0.29) is 35.6 Å². The summed E-state index contributed by atoms with van der Waals surface area (Å²) in [7, 11) is 0. The minimum Gasteiger partial charge on any atom is -0.478 e. The van der Waals surface area contributed by atoms with Gasteiger partial charge in [0.1, 0.15) is 6.61 Å². The number of anilines is 1. The molecular weight excluding hydrogens is 468 g/mol. The number of carbonyl (C=O) groups is 3. The Kier molecular flexibility index (Phi) is 6.80. The van der Waals surface area contributed by atoms with Crippen LogP contribution in [0.15, 0.2) is 66.7 Å². The normalized spacial score (nSPS) is 12.4. The molecule has 0 spiro atoms. The van der Waals surface area contributed by atoms with Gasteiger partial charge in [-0.3, -0.25) is 4.79 Å². The lowest BCUT2D eigenvalue weighted by atomic mass is 9.92. The number of aromatic carboxylic acids is 1. The molecule has 7 nitrogen and oxygen atoms in total. The summed E-state index contributed by atoms with van der Waals surface area (Å²) < 4.78 is 5.53. The first-order valence-electron chi connectivity index (χ1n) is 11.1. The van der Waals surface area contributed by atoms with Gasteiger partial charge in [-0.1, -0.05) is 60.1 Å². The fourth-order valence-corrected chi connectivity index (χ4v) is 4.35. The van der Waals surface area contributed by atoms with Gasteiger partial charge in [0.15, 0.2) is 0 Å². The lowest BCUT2D eigenvalue weighted by Crippen LogP contribution is -2.42. The van der Waals surface area contributed by atoms with Crippen molar-refractivity contribution < 1.29 is 24.2 Å². The number of carboxylic acid groups (broad SMARTS) is 1. The summed E-state index contributed by atoms with van der Waals surface area (Å²) in [5, 5.41) is 14.5. The van der Waals surface area contributed by atoms with E-state index in [1.54, 1.807) is 13.8 Å². The maximum Gasteiger partial charge on any atom is 0.407 e. The molecular formula is C27H25ClN2O5. The number of halogens is 1. The van der Waals surface area contributed by atoms with E-state index >= 15 is 0 Å². The van der Waals surface area contributed by atoms with E-state index in [2.05, 4.69) is 22.8 Å². The fraction of sp³-hybridized carbons (Fsp3) is 0.222. The van der Waals surface area contributed by atoms with Gasteiger partial charge in [0.25, 0.3) is 0 Å². The van der Waals surface area contributed by atoms with E-state index in [0.29, 0.717) is 5.69 Å². The molecule has 0 heterocycles. The van der Waals surface area contributed by atoms with Gasteiger partial charge in [-0.2, -0.15) is 0 Å². The van der Waals surface area contributed by atoms with Crippen molar-refractivity contribution >= 4 is 35.3 Å². The van der Waals surface area contributed by atoms with Crippen LogP contribution in [0.2, 0.25) is 5.02 Å². The molecule has 1 aliphatic rings. The Morgan fingerprint density at radius 2 is 1.57 bits per heavy atom. The van der Waals surface area contributed by atoms with E-state index in [0.717, 1.165) is 22.3 Å². The second-order valence-electron chi connectivity index (χ2n) is 9.02. The van der Waals surface area contributed by atoms with E-state index in [4.69, 9.17) is 21.4 Å². The van der Waals surface area contributed by atoms with E-state index in [1.807, 2.05) is 36.4 Å². The van der Waals surface area contributed by atoms with Crippen LogP contribution < -0.4 is 10.6 Å². The predicted molar refractivity (Wildman–Crippen MR) is 134 cm³/mol. The molecule has 0 aromatic heterocycles. The van der Waals surface area contributed by atoms with Crippen molar-refractivity contribution in [2.75, 3.05) is 18.5 Å². The first-order valence-corrected chi connectivity index (χ1v) is 11.5. The van der Waals surface area contributed by atoms with Crippen molar-refractivity contribution in [1.29, 1.82) is 0 Å². The van der Waals surface area contributed by atoms with Crippen LogP contribution in [-0.4, -0.2) is 36.2 Å². The zero-order valence-electron chi connectivity index (χ0n) is 19.3. The van der Waals surface area contributed by atoms with Crippen LogP contribution in [-0.2, 0) is 9.53 Å². The van der Waals surface area contributed by atoms with Crippen LogP contribution in [0, 0.1) is 5.41 Å². The first kappa shape index (κ1) is 24.3. The largest absolute Gasteiger partial charge is 0.478 e. The Morgan fingerprint density at radius 1 is 0.971 bits per heavy atom. The van der Waals surface area contributed by atoms with Crippen molar-refractivity contribution in [2.45, 2.75) is 19.8 Å². The molecule has 0 radical (unpaired) electrons. The average Bonchev–Trinajstić information content (AvgIpc) is 3.15. The number of carbonyl (C=O) groups excluding carboxylic acids is 2. The zero-order valence-corrected chi connectivity index (χ0v) is 20.1. The number of rotatable bonds is 7. The van der Waals surface area contributed by atoms with Gasteiger partial charge >= 0.3 is 12.1 Å². The summed E-state index contributed by atoms with van der Waals surface area (Å²) in [5.41, 5.74) is 3.87. The first-order chi connectivity index (χ1) is 16.7. The number of ether oxygens (including phenoxy) is 1. The van der Waals surface area contributed by atoms with Crippen LogP contribution in [0.1, 0.15) is 41.3 Å². The molecule has 0 unspecified atom stereocenters. The molecule has 35 heavy (non-hydrogen) atoms. The highest BCUT2D eigenvalue weighted by Crippen LogP contribution is 2.44. The number of fused-ring (bicyclic) bond motifs is 3. The standard InChI is InChI=1S/C27H25ClN2O5/c1-27(2,25(33)30-16-11-12-21(24(31)32)23(28)13-16)15-29-26(34)35-14-22-19-9-5-3-7-17(19)18-8-4-6-10-20(18)22/h3-13,22H,14-15H2,1-2H3,(H,29,34)(H,30,33)(H,31,32). The molecule has 0 atom stereocenters. The summed E-state index contributed by atoms with van der Waals surface area (Å²) in [6.07, 6.45) is -0.610. The van der Waals surface area contributed by atoms with Crippen LogP contribution in [0.5, 0.6) is 0 Å². The molecule has 3 aromatic carbocycles. The summed E-state index contributed by atoms with van der Waals surface area (Å²) in [6, 6.07) is 20.3. The van der Waals surface area contributed by atoms with E-state index in [1.165, 1.54) is 18.2 Å². The zero-order chi connectivity index (χ0) is 25.2. The van der Waals surface area contributed by atoms with E-state index in [9.17, 15) is 14.4 Å². The monoisotopic (exact) mass is 492 g/mol. The van der Waals surface area contributed by atoms with Gasteiger partial charge in [-0.05, 0) is 54.3 Å². The second-order valence-corrected chi connectivity index (χ2v) is 9.42. The third-order valence-corrected chi connectivity index (χ3v) is 6.40. The number of hydrogen-bond donors (Lipinski definition) is 3. The number of amides is 2. The predicted octanol–water partition coefficient (Wildman–Crippen LogP) is 5.54. The highest BCUT2D eigenvalue weighted by atomic mass is 35.5. The SMILES string of the molecule is CC(C)(CNC(=O)OCC1c2ccccc2-c2ccccc21)C(=O)Nc1ccc(C(=O)O)c(Cl)c1. The molecule has 0 fully saturated rings. The average molecular weight is 493 g/mol. The topological polar surface area (TPSA) is 105 Å². The summed E-state index contributed by atoms with van der Waals surface area (Å²) in [4.78, 5) is 36.3. The Labute approximate surface area is 208 Å². The number of nitrogens with one attached hydrogen (secondary N) is 2. The number of hydrogen-bond acceptors (Lipinski definition) is 4. The van der Waals surface area contributed by atoms with Gasteiger partial charge < -0.3 is 20.5 Å². The molecule has 180 valence electrons. The molecule has 3 aromatic rings. The van der Waals surface area contributed by atoms with Gasteiger partial charge in [-0.15, -0.1) is 0 Å². The number of carboxylic acids is 1. The minimum absolute atomic E-state index is 0.0184. The third kappa shape index (κ3) is 5.15. The fourth-order valence-electron chi connectivity index (χ4n) is 4.09. The van der Waals surface area contributed by atoms with Crippen LogP contribution >= 0.6 is 11.6 Å². The molecule has 1 aliphatic carbocycles. The van der Waals surface area contributed by atoms with Gasteiger partial charge in [-0.25, -0.2) is 9.59 Å². The Hall–Kier alpha value is -3.84. The molecule has 4 rings (SSSR count). The molecule has 8 heteroatoms. The highest BCUT2D eigenvalue weighted by Gasteiger charge is 2.31. The van der Waals surface area contributed by atoms with Crippen molar-refractivity contribution in [1.82, 2.24) is 5.32 Å². The summed E-state index contributed by atoms with van der Waals surface area (Å²) >= 11 is 5.97. The van der Waals surface area contributed by atoms with Gasteiger partial charge in [0.05, 0.1) is 16.0 Å². The smallest absolute Gasteiger partial charge is 0.407 e. The molecule has 0 saturated carbocycles. The van der Waals surface area contributed by atoms with Crippen molar-refractivity contribution in [3.05, 3.63) is 88.4 Å². The molecule has 0 bridgehead atoms. The maximum absolute atomic E-state index is 12.8. The lowest BCUT2D eigenvalue weighted by Gasteiger charge is -2.24. The Bertz CT molecular complexity index is 1260. The summed E-state index contributed by atoms with van der Waals surface area (Å²) in [5.74, 6) is -1.57. The van der Waals surface area contributed by atoms with Crippen LogP contribution in [0.25, 0.3) is 11.1 Å². The Morgan fingerprint density at radius 3 is 2.14 bits per heavy atom. The maximum atomic E-state index is 12.8. The molecule has 0 aliphatic heterocycles. The Balaban J connectivity index is 1.33. The van der Waals surface area contributed by atoms with E-state index < -0.39 is 17.5 Å². The highest BCUT2D eigenvalue weighted by molar-refractivity contribution is 6.33. The van der Waals surface area contributed by atoms with Gasteiger partial charge in [0, 0.05) is 18.2 Å². The lowest BCUT2D eigenvalue weighted by molar-refractivity contribution is -0.123. The molecule has 0 saturated heterocycles. The third-order valence-electron chi connectivity index (χ3n) is 6.09. The number of alkyl carbamates (subject to hydrolysis) is 1.